The number of benzene rings is 3. The van der Waals surface area contributed by atoms with E-state index in [1.165, 1.54) is 5.56 Å². The highest BCUT2D eigenvalue weighted by molar-refractivity contribution is 6.02. The molecule has 0 unspecified atom stereocenters. The summed E-state index contributed by atoms with van der Waals surface area (Å²) in [7, 11) is 4.05. The largest absolute Gasteiger partial charge is 0.454 e. The Morgan fingerprint density at radius 3 is 2.41 bits per heavy atom. The number of anilines is 1. The second-order valence-corrected chi connectivity index (χ2v) is 11.1. The molecule has 1 aliphatic heterocycles. The number of amides is 2. The van der Waals surface area contributed by atoms with Gasteiger partial charge in [0.25, 0.3) is 5.91 Å². The molecule has 3 aromatic carbocycles. The number of hydrogen-bond acceptors (Lipinski definition) is 5. The van der Waals surface area contributed by atoms with Crippen LogP contribution in [0, 0.1) is 0 Å². The zero-order chi connectivity index (χ0) is 27.6. The lowest BCUT2D eigenvalue weighted by Gasteiger charge is -2.19. The second-order valence-electron chi connectivity index (χ2n) is 11.1. The first-order valence-corrected chi connectivity index (χ1v) is 13.7. The number of rotatable bonds is 10. The molecule has 7 heteroatoms. The molecule has 2 aliphatic rings. The molecule has 0 atom stereocenters. The van der Waals surface area contributed by atoms with Crippen molar-refractivity contribution in [3.63, 3.8) is 0 Å². The fourth-order valence-electron chi connectivity index (χ4n) is 5.10. The summed E-state index contributed by atoms with van der Waals surface area (Å²) in [6.07, 6.45) is 2.51. The number of nitrogens with one attached hydrogen (secondary N) is 2. The second kappa shape index (κ2) is 11.1. The molecule has 0 radical (unpaired) electrons. The van der Waals surface area contributed by atoms with Crippen LogP contribution in [0.4, 0.5) is 5.69 Å². The topological polar surface area (TPSA) is 79.9 Å². The highest BCUT2D eigenvalue weighted by Gasteiger charge is 2.51. The third kappa shape index (κ3) is 5.78. The van der Waals surface area contributed by atoms with Crippen LogP contribution >= 0.6 is 0 Å². The van der Waals surface area contributed by atoms with Gasteiger partial charge in [-0.25, -0.2) is 0 Å². The first kappa shape index (κ1) is 26.8. The third-order valence-electron chi connectivity index (χ3n) is 7.57. The summed E-state index contributed by atoms with van der Waals surface area (Å²) in [5.41, 5.74) is 5.06. The summed E-state index contributed by atoms with van der Waals surface area (Å²) in [5.74, 6) is 1.64. The van der Waals surface area contributed by atoms with Crippen molar-refractivity contribution in [2.24, 2.45) is 0 Å². The number of nitrogens with zero attached hydrogens (tertiary/aromatic N) is 1. The number of hydrogen-bond donors (Lipinski definition) is 2. The fourth-order valence-corrected chi connectivity index (χ4v) is 5.10. The van der Waals surface area contributed by atoms with E-state index >= 15 is 0 Å². The number of carbonyl (C=O) groups excluding carboxylic acids is 2. The van der Waals surface area contributed by atoms with Gasteiger partial charge in [0.05, 0.1) is 5.41 Å². The maximum absolute atomic E-state index is 13.5. The summed E-state index contributed by atoms with van der Waals surface area (Å²) in [6.45, 7) is 6.11. The van der Waals surface area contributed by atoms with Gasteiger partial charge >= 0.3 is 0 Å². The first-order valence-electron chi connectivity index (χ1n) is 13.7. The van der Waals surface area contributed by atoms with Gasteiger partial charge in [0.15, 0.2) is 11.5 Å². The molecular weight excluding hydrogens is 490 g/mol. The molecule has 206 valence electrons. The molecular formula is C32H39N3O4. The highest BCUT2D eigenvalue weighted by atomic mass is 16.7. The predicted molar refractivity (Wildman–Crippen MR) is 156 cm³/mol. The molecule has 1 saturated carbocycles. The first-order chi connectivity index (χ1) is 18.8. The Labute approximate surface area is 232 Å². The van der Waals surface area contributed by atoms with Crippen molar-refractivity contribution < 1.29 is 20.5 Å². The zero-order valence-corrected chi connectivity index (χ0v) is 23.2. The Kier molecular flexibility index (Phi) is 7.62. The van der Waals surface area contributed by atoms with E-state index in [9.17, 15) is 9.59 Å². The maximum Gasteiger partial charge on any atom is 0.251 e. The van der Waals surface area contributed by atoms with Crippen molar-refractivity contribution in [2.45, 2.75) is 44.4 Å². The van der Waals surface area contributed by atoms with E-state index in [1.54, 1.807) is 0 Å². The minimum atomic E-state index is -0.542. The summed E-state index contributed by atoms with van der Waals surface area (Å²) < 4.78 is 11.0. The molecule has 3 aromatic rings. The van der Waals surface area contributed by atoms with Crippen LogP contribution in [0.25, 0.3) is 11.1 Å². The monoisotopic (exact) mass is 529 g/mol. The molecule has 5 rings (SSSR count). The minimum absolute atomic E-state index is 0. The lowest BCUT2D eigenvalue weighted by atomic mass is 9.91. The Morgan fingerprint density at radius 2 is 1.72 bits per heavy atom. The molecule has 7 nitrogen and oxygen atoms in total. The lowest BCUT2D eigenvalue weighted by Crippen LogP contribution is -2.27. The maximum atomic E-state index is 13.5. The highest BCUT2D eigenvalue weighted by Crippen LogP contribution is 2.51. The average Bonchev–Trinajstić information content (AvgIpc) is 3.61. The van der Waals surface area contributed by atoms with Crippen molar-refractivity contribution in [1.82, 2.24) is 10.2 Å². The van der Waals surface area contributed by atoms with Gasteiger partial charge in [-0.15, -0.1) is 0 Å². The lowest BCUT2D eigenvalue weighted by molar-refractivity contribution is -0.118. The average molecular weight is 530 g/mol. The minimum Gasteiger partial charge on any atom is -0.454 e. The smallest absolute Gasteiger partial charge is 0.251 e. The van der Waals surface area contributed by atoms with Crippen LogP contribution in [0.5, 0.6) is 11.5 Å². The van der Waals surface area contributed by atoms with Gasteiger partial charge in [0.1, 0.15) is 0 Å². The molecule has 2 N–H and O–H groups in total. The van der Waals surface area contributed by atoms with Crippen LogP contribution in [0.1, 0.15) is 61.9 Å². The molecule has 1 aliphatic carbocycles. The molecule has 0 saturated heterocycles. The summed E-state index contributed by atoms with van der Waals surface area (Å²) in [4.78, 5) is 28.2. The molecule has 1 fully saturated rings. The normalized spacial score (nSPS) is 14.9. The molecule has 0 bridgehead atoms. The van der Waals surface area contributed by atoms with E-state index < -0.39 is 5.41 Å². The summed E-state index contributed by atoms with van der Waals surface area (Å²) in [6, 6.07) is 19.6. The van der Waals surface area contributed by atoms with Crippen molar-refractivity contribution in [3.8, 4) is 22.6 Å². The van der Waals surface area contributed by atoms with Crippen LogP contribution in [-0.4, -0.2) is 50.7 Å². The van der Waals surface area contributed by atoms with Crippen molar-refractivity contribution in [2.75, 3.05) is 39.3 Å². The van der Waals surface area contributed by atoms with E-state index in [0.29, 0.717) is 23.8 Å². The van der Waals surface area contributed by atoms with Crippen molar-refractivity contribution in [1.29, 1.82) is 0 Å². The standard InChI is InChI=1S/C32H37N3O4.H2/c1-21(2)26-12-11-25(34-31(37)32(14-15-32)24-10-13-28-29(18-24)39-20-38-28)19-27(26)22-6-8-23(9-7-22)30(36)33-16-5-17-35(3)4;/h6-13,18-19,21H,5,14-17,20H2,1-4H3,(H,33,36)(H,34,37);1H. The van der Waals surface area contributed by atoms with Gasteiger partial charge in [0, 0.05) is 19.2 Å². The Morgan fingerprint density at radius 1 is 0.974 bits per heavy atom. The predicted octanol–water partition coefficient (Wildman–Crippen LogP) is 5.80. The van der Waals surface area contributed by atoms with Gasteiger partial charge in [-0.3, -0.25) is 9.59 Å². The van der Waals surface area contributed by atoms with Crippen LogP contribution in [0.2, 0.25) is 0 Å². The quantitative estimate of drug-likeness (QED) is 0.324. The van der Waals surface area contributed by atoms with Crippen molar-refractivity contribution in [3.05, 3.63) is 77.4 Å². The van der Waals surface area contributed by atoms with E-state index in [0.717, 1.165) is 53.9 Å². The van der Waals surface area contributed by atoms with Gasteiger partial charge in [-0.1, -0.05) is 38.1 Å². The number of fused-ring (bicyclic) bond motifs is 1. The Balaban J connectivity index is 0.00000370. The van der Waals surface area contributed by atoms with Crippen LogP contribution in [0.15, 0.2) is 60.7 Å². The molecule has 2 amide bonds. The Bertz CT molecular complexity index is 1370. The molecule has 0 aromatic heterocycles. The van der Waals surface area contributed by atoms with E-state index in [1.807, 2.05) is 68.7 Å². The Hall–Kier alpha value is -3.84. The molecule has 0 spiro atoms. The molecule has 1 heterocycles. The van der Waals surface area contributed by atoms with Crippen LogP contribution in [-0.2, 0) is 10.2 Å². The van der Waals surface area contributed by atoms with Gasteiger partial charge in [0.2, 0.25) is 12.7 Å². The fraction of sp³-hybridized carbons (Fsp3) is 0.375. The van der Waals surface area contributed by atoms with Crippen molar-refractivity contribution >= 4 is 17.5 Å². The number of carbonyl (C=O) groups is 2. The number of ether oxygens (including phenoxy) is 2. The summed E-state index contributed by atoms with van der Waals surface area (Å²) in [5, 5.41) is 6.17. The summed E-state index contributed by atoms with van der Waals surface area (Å²) >= 11 is 0. The van der Waals surface area contributed by atoms with Gasteiger partial charge < -0.3 is 25.0 Å². The SMILES string of the molecule is CC(C)c1ccc(NC(=O)C2(c3ccc4c(c3)OCO4)CC2)cc1-c1ccc(C(=O)NCCCN(C)C)cc1.[HH]. The third-order valence-corrected chi connectivity index (χ3v) is 7.57. The van der Waals surface area contributed by atoms with Gasteiger partial charge in [-0.05, 0) is 104 Å². The van der Waals surface area contributed by atoms with Crippen LogP contribution in [0.3, 0.4) is 0 Å². The van der Waals surface area contributed by atoms with E-state index in [4.69, 9.17) is 9.47 Å². The van der Waals surface area contributed by atoms with Crippen LogP contribution < -0.4 is 20.1 Å². The van der Waals surface area contributed by atoms with E-state index in [-0.39, 0.29) is 20.0 Å². The van der Waals surface area contributed by atoms with E-state index in [2.05, 4.69) is 35.4 Å². The zero-order valence-electron chi connectivity index (χ0n) is 23.2. The molecule has 39 heavy (non-hydrogen) atoms. The van der Waals surface area contributed by atoms with Gasteiger partial charge in [-0.2, -0.15) is 0 Å².